The van der Waals surface area contributed by atoms with Gasteiger partial charge in [-0.15, -0.1) is 0 Å². The van der Waals surface area contributed by atoms with Crippen LogP contribution in [0.15, 0.2) is 0 Å². The zero-order valence-corrected chi connectivity index (χ0v) is 7.64. The summed E-state index contributed by atoms with van der Waals surface area (Å²) in [6.07, 6.45) is 5.65. The van der Waals surface area contributed by atoms with E-state index in [4.69, 9.17) is 10.5 Å². The average Bonchev–Trinajstić information content (AvgIpc) is 2.42. The van der Waals surface area contributed by atoms with Crippen LogP contribution in [0.3, 0.4) is 0 Å². The van der Waals surface area contributed by atoms with Crippen LogP contribution in [0.1, 0.15) is 39.5 Å². The van der Waals surface area contributed by atoms with Gasteiger partial charge in [0.25, 0.3) is 0 Å². The topological polar surface area (TPSA) is 52.5 Å². The summed E-state index contributed by atoms with van der Waals surface area (Å²) >= 11 is 0. The molecule has 1 fully saturated rings. The smallest absolute Gasteiger partial charge is 0.00489 e. The third-order valence-electron chi connectivity index (χ3n) is 1.46. The van der Waals surface area contributed by atoms with Crippen molar-refractivity contribution in [1.29, 1.82) is 0 Å². The highest BCUT2D eigenvalue weighted by Crippen LogP contribution is 2.00. The molecule has 3 nitrogen and oxygen atoms in total. The lowest BCUT2D eigenvalue weighted by Gasteiger charge is -1.91. The predicted octanol–water partition coefficient (Wildman–Crippen LogP) is 2.19. The molecule has 0 spiro atoms. The standard InChI is InChI=1S/C6H13N.C2H6.H2O2/c1-2-4-6-7-5-3-1;2*1-2/h7H,1-6H2;1-2H3;1-2H. The van der Waals surface area contributed by atoms with Crippen LogP contribution in [0.25, 0.3) is 0 Å². The third-order valence-corrected chi connectivity index (χ3v) is 1.46. The molecule has 1 aliphatic heterocycles. The molecular formula is C8H21NO2. The summed E-state index contributed by atoms with van der Waals surface area (Å²) in [6.45, 7) is 6.50. The first-order chi connectivity index (χ1) is 5.50. The van der Waals surface area contributed by atoms with Gasteiger partial charge in [-0.2, -0.15) is 0 Å². The van der Waals surface area contributed by atoms with E-state index in [0.29, 0.717) is 0 Å². The van der Waals surface area contributed by atoms with Gasteiger partial charge in [0.15, 0.2) is 0 Å². The molecule has 3 N–H and O–H groups in total. The molecule has 0 atom stereocenters. The van der Waals surface area contributed by atoms with Crippen molar-refractivity contribution in [1.82, 2.24) is 5.32 Å². The maximum Gasteiger partial charge on any atom is -0.00489 e. The maximum absolute atomic E-state index is 6.00. The summed E-state index contributed by atoms with van der Waals surface area (Å²) in [5, 5.41) is 15.3. The van der Waals surface area contributed by atoms with E-state index in [9.17, 15) is 0 Å². The minimum Gasteiger partial charge on any atom is -0.317 e. The molecule has 1 aliphatic rings. The van der Waals surface area contributed by atoms with Crippen molar-refractivity contribution in [2.45, 2.75) is 39.5 Å². The molecule has 70 valence electrons. The zero-order valence-electron chi connectivity index (χ0n) is 7.64. The van der Waals surface area contributed by atoms with E-state index in [1.807, 2.05) is 13.8 Å². The Bertz CT molecular complexity index is 31.7. The quantitative estimate of drug-likeness (QED) is 0.379. The molecule has 0 aromatic rings. The molecule has 0 bridgehead atoms. The van der Waals surface area contributed by atoms with Crippen molar-refractivity contribution < 1.29 is 10.5 Å². The predicted molar refractivity (Wildman–Crippen MR) is 47.9 cm³/mol. The monoisotopic (exact) mass is 163 g/mol. The van der Waals surface area contributed by atoms with Crippen LogP contribution in [0, 0.1) is 0 Å². The van der Waals surface area contributed by atoms with E-state index < -0.39 is 0 Å². The van der Waals surface area contributed by atoms with Crippen LogP contribution >= 0.6 is 0 Å². The second-order valence-electron chi connectivity index (χ2n) is 2.16. The maximum atomic E-state index is 6.00. The molecule has 0 radical (unpaired) electrons. The lowest BCUT2D eigenvalue weighted by Crippen LogP contribution is -2.12. The molecule has 11 heavy (non-hydrogen) atoms. The molecule has 3 heteroatoms. The van der Waals surface area contributed by atoms with Gasteiger partial charge in [-0.1, -0.05) is 26.7 Å². The molecular weight excluding hydrogens is 142 g/mol. The van der Waals surface area contributed by atoms with Crippen molar-refractivity contribution >= 4 is 0 Å². The lowest BCUT2D eigenvalue weighted by molar-refractivity contribution is -0.176. The first kappa shape index (κ1) is 13.5. The fourth-order valence-electron chi connectivity index (χ4n) is 0.979. The molecule has 1 heterocycles. The highest BCUT2D eigenvalue weighted by Gasteiger charge is 1.94. The van der Waals surface area contributed by atoms with Crippen LogP contribution < -0.4 is 5.32 Å². The van der Waals surface area contributed by atoms with Crippen LogP contribution in [-0.4, -0.2) is 23.6 Å². The SMILES string of the molecule is C1CCCNCC1.CC.OO. The summed E-state index contributed by atoms with van der Waals surface area (Å²) in [4.78, 5) is 0. The Kier molecular flexibility index (Phi) is 20.2. The Hall–Kier alpha value is -0.120. The van der Waals surface area contributed by atoms with E-state index in [1.165, 1.54) is 38.8 Å². The molecule has 0 aliphatic carbocycles. The Balaban J connectivity index is 0. The molecule has 0 amide bonds. The first-order valence-corrected chi connectivity index (χ1v) is 4.41. The zero-order chi connectivity index (χ0) is 8.95. The second kappa shape index (κ2) is 16.5. The molecule has 0 aromatic heterocycles. The van der Waals surface area contributed by atoms with E-state index in [-0.39, 0.29) is 0 Å². The summed E-state index contributed by atoms with van der Waals surface area (Å²) in [5.74, 6) is 0. The van der Waals surface area contributed by atoms with Crippen molar-refractivity contribution in [3.63, 3.8) is 0 Å². The molecule has 0 aromatic carbocycles. The van der Waals surface area contributed by atoms with Crippen molar-refractivity contribution in [2.24, 2.45) is 0 Å². The highest BCUT2D eigenvalue weighted by atomic mass is 17.0. The minimum absolute atomic E-state index is 1.25. The van der Waals surface area contributed by atoms with E-state index in [0.717, 1.165) is 0 Å². The molecule has 0 saturated carbocycles. The first-order valence-electron chi connectivity index (χ1n) is 4.41. The van der Waals surface area contributed by atoms with Crippen LogP contribution in [0.4, 0.5) is 0 Å². The summed E-state index contributed by atoms with van der Waals surface area (Å²) in [6, 6.07) is 0. The van der Waals surface area contributed by atoms with Gasteiger partial charge in [0.2, 0.25) is 0 Å². The average molecular weight is 163 g/mol. The van der Waals surface area contributed by atoms with Gasteiger partial charge in [0.1, 0.15) is 0 Å². The molecule has 1 rings (SSSR count). The van der Waals surface area contributed by atoms with Gasteiger partial charge in [-0.3, -0.25) is 10.5 Å². The molecule has 1 saturated heterocycles. The van der Waals surface area contributed by atoms with Crippen LogP contribution in [0.5, 0.6) is 0 Å². The number of hydrogen-bond acceptors (Lipinski definition) is 3. The number of hydrogen-bond donors (Lipinski definition) is 3. The Morgan fingerprint density at radius 2 is 1.18 bits per heavy atom. The van der Waals surface area contributed by atoms with Gasteiger partial charge in [0, 0.05) is 0 Å². The Morgan fingerprint density at radius 1 is 0.818 bits per heavy atom. The van der Waals surface area contributed by atoms with Crippen molar-refractivity contribution in [2.75, 3.05) is 13.1 Å². The summed E-state index contributed by atoms with van der Waals surface area (Å²) in [7, 11) is 0. The number of nitrogens with one attached hydrogen (secondary N) is 1. The van der Waals surface area contributed by atoms with E-state index >= 15 is 0 Å². The van der Waals surface area contributed by atoms with Gasteiger partial charge in [-0.05, 0) is 25.9 Å². The normalized spacial score (nSPS) is 16.4. The molecule has 0 unspecified atom stereocenters. The summed E-state index contributed by atoms with van der Waals surface area (Å²) in [5.41, 5.74) is 0. The van der Waals surface area contributed by atoms with Crippen LogP contribution in [-0.2, 0) is 0 Å². The largest absolute Gasteiger partial charge is 0.317 e. The van der Waals surface area contributed by atoms with Gasteiger partial charge >= 0.3 is 0 Å². The highest BCUT2D eigenvalue weighted by molar-refractivity contribution is 4.54. The Labute approximate surface area is 69.4 Å². The van der Waals surface area contributed by atoms with Gasteiger partial charge in [-0.25, -0.2) is 0 Å². The second-order valence-corrected chi connectivity index (χ2v) is 2.16. The fourth-order valence-corrected chi connectivity index (χ4v) is 0.979. The van der Waals surface area contributed by atoms with Gasteiger partial charge < -0.3 is 5.32 Å². The third kappa shape index (κ3) is 13.0. The Morgan fingerprint density at radius 3 is 1.55 bits per heavy atom. The number of rotatable bonds is 0. The van der Waals surface area contributed by atoms with Crippen molar-refractivity contribution in [3.05, 3.63) is 0 Å². The van der Waals surface area contributed by atoms with Gasteiger partial charge in [0.05, 0.1) is 0 Å². The van der Waals surface area contributed by atoms with Crippen molar-refractivity contribution in [3.8, 4) is 0 Å². The summed E-state index contributed by atoms with van der Waals surface area (Å²) < 4.78 is 0. The van der Waals surface area contributed by atoms with E-state index in [2.05, 4.69) is 5.32 Å². The van der Waals surface area contributed by atoms with E-state index in [1.54, 1.807) is 0 Å². The minimum atomic E-state index is 1.25. The fraction of sp³-hybridized carbons (Fsp3) is 1.00. The lowest BCUT2D eigenvalue weighted by atomic mass is 10.2. The van der Waals surface area contributed by atoms with Crippen LogP contribution in [0.2, 0.25) is 0 Å².